The molecule has 0 atom stereocenters. The number of carbonyl (C=O) groups is 1. The molecule has 0 N–H and O–H groups in total. The van der Waals surface area contributed by atoms with Crippen molar-refractivity contribution in [1.82, 2.24) is 9.78 Å². The number of nitrogens with zero attached hydrogens (tertiary/aromatic N) is 2. The summed E-state index contributed by atoms with van der Waals surface area (Å²) >= 11 is 1.83. The first-order chi connectivity index (χ1) is 9.63. The third kappa shape index (κ3) is 3.51. The van der Waals surface area contributed by atoms with Gasteiger partial charge in [0.05, 0.1) is 5.56 Å². The number of aldehydes is 1. The van der Waals surface area contributed by atoms with Crippen LogP contribution in [0.5, 0.6) is 0 Å². The van der Waals surface area contributed by atoms with Crippen LogP contribution in [0.2, 0.25) is 0 Å². The topological polar surface area (TPSA) is 34.9 Å². The number of aromatic nitrogens is 2. The Balaban J connectivity index is 2.28. The average Bonchev–Trinajstić information content (AvgIpc) is 2.82. The molecule has 2 rings (SSSR count). The van der Waals surface area contributed by atoms with Crippen molar-refractivity contribution in [2.45, 2.75) is 43.9 Å². The molecule has 4 heteroatoms. The van der Waals surface area contributed by atoms with Crippen LogP contribution in [-0.4, -0.2) is 21.3 Å². The van der Waals surface area contributed by atoms with Gasteiger partial charge in [0.2, 0.25) is 0 Å². The van der Waals surface area contributed by atoms with Crippen LogP contribution >= 0.6 is 11.8 Å². The minimum absolute atomic E-state index is 0.565. The molecule has 20 heavy (non-hydrogen) atoms. The number of hydrogen-bond donors (Lipinski definition) is 0. The van der Waals surface area contributed by atoms with Crippen LogP contribution in [0.3, 0.4) is 0 Å². The van der Waals surface area contributed by atoms with Crippen LogP contribution < -0.4 is 0 Å². The average molecular weight is 288 g/mol. The fourth-order valence-electron chi connectivity index (χ4n) is 2.05. The summed E-state index contributed by atoms with van der Waals surface area (Å²) in [4.78, 5) is 12.4. The van der Waals surface area contributed by atoms with Crippen molar-refractivity contribution < 1.29 is 4.79 Å². The van der Waals surface area contributed by atoms with Gasteiger partial charge in [-0.3, -0.25) is 9.48 Å². The Bertz CT molecular complexity index is 573. The van der Waals surface area contributed by atoms with Gasteiger partial charge in [-0.05, 0) is 18.6 Å². The minimum atomic E-state index is 0.565. The molecule has 2 aromatic rings. The molecule has 0 aliphatic carbocycles. The Morgan fingerprint density at radius 1 is 1.30 bits per heavy atom. The molecular formula is C16H20N2OS. The zero-order valence-electron chi connectivity index (χ0n) is 12.2. The van der Waals surface area contributed by atoms with Gasteiger partial charge in [-0.25, -0.2) is 0 Å². The summed E-state index contributed by atoms with van der Waals surface area (Å²) in [5.74, 6) is 0. The van der Waals surface area contributed by atoms with Crippen LogP contribution in [0.4, 0.5) is 0 Å². The molecule has 0 spiro atoms. The van der Waals surface area contributed by atoms with E-state index >= 15 is 0 Å². The maximum absolute atomic E-state index is 11.2. The van der Waals surface area contributed by atoms with Gasteiger partial charge >= 0.3 is 0 Å². The highest BCUT2D eigenvalue weighted by atomic mass is 32.2. The first-order valence-electron chi connectivity index (χ1n) is 6.93. The van der Waals surface area contributed by atoms with Gasteiger partial charge < -0.3 is 0 Å². The number of benzene rings is 1. The normalized spacial score (nSPS) is 11.0. The van der Waals surface area contributed by atoms with Crippen molar-refractivity contribution in [2.24, 2.45) is 0 Å². The van der Waals surface area contributed by atoms with E-state index in [1.165, 1.54) is 4.90 Å². The molecular weight excluding hydrogens is 268 g/mol. The van der Waals surface area contributed by atoms with E-state index in [9.17, 15) is 4.79 Å². The molecule has 0 aliphatic rings. The largest absolute Gasteiger partial charge is 0.298 e. The highest BCUT2D eigenvalue weighted by molar-refractivity contribution is 7.99. The number of aryl methyl sites for hydroxylation is 1. The summed E-state index contributed by atoms with van der Waals surface area (Å²) < 4.78 is 1.84. The molecule has 0 saturated carbocycles. The van der Waals surface area contributed by atoms with E-state index in [1.807, 2.05) is 34.8 Å². The zero-order chi connectivity index (χ0) is 14.5. The van der Waals surface area contributed by atoms with Gasteiger partial charge in [-0.15, -0.1) is 11.8 Å². The molecule has 1 aromatic carbocycles. The summed E-state index contributed by atoms with van der Waals surface area (Å²) in [6.07, 6.45) is 3.71. The van der Waals surface area contributed by atoms with E-state index in [0.717, 1.165) is 30.5 Å². The van der Waals surface area contributed by atoms with E-state index in [0.29, 0.717) is 10.8 Å². The summed E-state index contributed by atoms with van der Waals surface area (Å²) in [5.41, 5.74) is 2.42. The van der Waals surface area contributed by atoms with E-state index < -0.39 is 0 Å². The Hall–Kier alpha value is -1.55. The quantitative estimate of drug-likeness (QED) is 0.588. The second-order valence-electron chi connectivity index (χ2n) is 5.00. The molecule has 1 aromatic heterocycles. The zero-order valence-corrected chi connectivity index (χ0v) is 13.0. The monoisotopic (exact) mass is 288 g/mol. The lowest BCUT2D eigenvalue weighted by molar-refractivity contribution is 0.112. The van der Waals surface area contributed by atoms with Gasteiger partial charge in [-0.1, -0.05) is 32.9 Å². The van der Waals surface area contributed by atoms with Crippen molar-refractivity contribution in [2.75, 3.05) is 0 Å². The predicted octanol–water partition coefficient (Wildman–Crippen LogP) is 4.27. The third-order valence-electron chi connectivity index (χ3n) is 2.87. The first-order valence-corrected chi connectivity index (χ1v) is 7.81. The molecule has 0 unspecified atom stereocenters. The molecule has 0 fully saturated rings. The van der Waals surface area contributed by atoms with Crippen LogP contribution in [0.1, 0.15) is 37.6 Å². The van der Waals surface area contributed by atoms with Gasteiger partial charge in [0, 0.05) is 28.5 Å². The van der Waals surface area contributed by atoms with E-state index in [-0.39, 0.29) is 0 Å². The molecule has 1 heterocycles. The maximum Gasteiger partial charge on any atom is 0.153 e. The summed E-state index contributed by atoms with van der Waals surface area (Å²) in [7, 11) is 0. The Morgan fingerprint density at radius 2 is 2.00 bits per heavy atom. The molecule has 0 bridgehead atoms. The van der Waals surface area contributed by atoms with Crippen molar-refractivity contribution >= 4 is 18.0 Å². The second kappa shape index (κ2) is 6.75. The second-order valence-corrected chi connectivity index (χ2v) is 6.65. The van der Waals surface area contributed by atoms with Crippen molar-refractivity contribution in [3.05, 3.63) is 36.0 Å². The third-order valence-corrected chi connectivity index (χ3v) is 3.88. The fourth-order valence-corrected chi connectivity index (χ4v) is 2.89. The van der Waals surface area contributed by atoms with Crippen molar-refractivity contribution in [3.8, 4) is 11.3 Å². The van der Waals surface area contributed by atoms with Gasteiger partial charge in [-0.2, -0.15) is 5.10 Å². The lowest BCUT2D eigenvalue weighted by atomic mass is 10.1. The van der Waals surface area contributed by atoms with Gasteiger partial charge in [0.25, 0.3) is 0 Å². The molecule has 3 nitrogen and oxygen atoms in total. The highest BCUT2D eigenvalue weighted by Gasteiger charge is 2.10. The lowest BCUT2D eigenvalue weighted by Crippen LogP contribution is -1.96. The van der Waals surface area contributed by atoms with Crippen molar-refractivity contribution in [3.63, 3.8) is 0 Å². The Labute approximate surface area is 124 Å². The summed E-state index contributed by atoms with van der Waals surface area (Å²) in [5, 5.41) is 5.08. The van der Waals surface area contributed by atoms with Crippen LogP contribution in [0.25, 0.3) is 11.3 Å². The number of thioether (sulfide) groups is 1. The fraction of sp³-hybridized carbons (Fsp3) is 0.375. The number of carbonyl (C=O) groups excluding carboxylic acids is 1. The molecule has 106 valence electrons. The van der Waals surface area contributed by atoms with Crippen LogP contribution in [0, 0.1) is 0 Å². The number of rotatable bonds is 6. The first kappa shape index (κ1) is 14.9. The molecule has 0 amide bonds. The SMILES string of the molecule is CCCn1cc(C=O)c(-c2ccc(SC(C)C)cc2)n1. The minimum Gasteiger partial charge on any atom is -0.298 e. The lowest BCUT2D eigenvalue weighted by Gasteiger charge is -2.05. The van der Waals surface area contributed by atoms with Crippen molar-refractivity contribution in [1.29, 1.82) is 0 Å². The Kier molecular flexibility index (Phi) is 5.01. The Morgan fingerprint density at radius 3 is 2.55 bits per heavy atom. The maximum atomic E-state index is 11.2. The van der Waals surface area contributed by atoms with Crippen LogP contribution in [0.15, 0.2) is 35.4 Å². The van der Waals surface area contributed by atoms with Gasteiger partial charge in [0.1, 0.15) is 5.69 Å². The summed E-state index contributed by atoms with van der Waals surface area (Å²) in [6, 6.07) is 8.26. The molecule has 0 saturated heterocycles. The molecule has 0 radical (unpaired) electrons. The number of hydrogen-bond acceptors (Lipinski definition) is 3. The van der Waals surface area contributed by atoms with Crippen LogP contribution in [-0.2, 0) is 6.54 Å². The predicted molar refractivity (Wildman–Crippen MR) is 84.3 cm³/mol. The molecule has 0 aliphatic heterocycles. The van der Waals surface area contributed by atoms with E-state index in [4.69, 9.17) is 0 Å². The van der Waals surface area contributed by atoms with E-state index in [2.05, 4.69) is 38.0 Å². The smallest absolute Gasteiger partial charge is 0.153 e. The van der Waals surface area contributed by atoms with E-state index in [1.54, 1.807) is 0 Å². The summed E-state index contributed by atoms with van der Waals surface area (Å²) in [6.45, 7) is 7.28. The standard InChI is InChI=1S/C16H20N2OS/c1-4-9-18-10-14(11-19)16(17-18)13-5-7-15(8-6-13)20-12(2)3/h5-8,10-12H,4,9H2,1-3H3. The van der Waals surface area contributed by atoms with Gasteiger partial charge in [0.15, 0.2) is 6.29 Å². The highest BCUT2D eigenvalue weighted by Crippen LogP contribution is 2.27.